The van der Waals surface area contributed by atoms with Crippen LogP contribution in [0.5, 0.6) is 0 Å². The van der Waals surface area contributed by atoms with Crippen molar-refractivity contribution in [3.05, 3.63) is 29.1 Å². The van der Waals surface area contributed by atoms with Gasteiger partial charge in [-0.2, -0.15) is 13.2 Å². The Bertz CT molecular complexity index is 955. The number of halogens is 3. The molecule has 3 saturated heterocycles. The van der Waals surface area contributed by atoms with Gasteiger partial charge in [0.15, 0.2) is 0 Å². The van der Waals surface area contributed by atoms with E-state index in [9.17, 15) is 22.8 Å². The number of carbonyl (C=O) groups excluding carboxylic acids is 2. The molecule has 1 aromatic heterocycles. The zero-order valence-corrected chi connectivity index (χ0v) is 18.8. The smallest absolute Gasteiger partial charge is 0.366 e. The number of pyridine rings is 1. The summed E-state index contributed by atoms with van der Waals surface area (Å²) in [6, 6.07) is 1.43. The fraction of sp³-hybridized carbons (Fsp3) is 0.696. The minimum Gasteiger partial charge on any atom is -0.366 e. The molecule has 180 valence electrons. The normalized spacial score (nSPS) is 28.0. The zero-order chi connectivity index (χ0) is 23.5. The quantitative estimate of drug-likeness (QED) is 0.728. The minimum atomic E-state index is -4.38. The van der Waals surface area contributed by atoms with Gasteiger partial charge >= 0.3 is 12.2 Å². The van der Waals surface area contributed by atoms with Gasteiger partial charge < -0.3 is 19.9 Å². The standard InChI is InChI=1S/C23H29F3N4O3/c1-13-5-17(27-8-16(13)23(24,25)26)14(2)15-6-22(7-15)11-30(12-22)21(32)29-4-3-19-18(9-29)28-20(31)10-33-19/h5,8,14-15,18-19H,3-4,6-7,9-12H2,1-2H3,(H,28,31)/t14?,18-,19+/m1/s1. The van der Waals surface area contributed by atoms with E-state index in [1.54, 1.807) is 11.0 Å². The summed E-state index contributed by atoms with van der Waals surface area (Å²) >= 11 is 0. The van der Waals surface area contributed by atoms with Gasteiger partial charge in [0.2, 0.25) is 5.91 Å². The van der Waals surface area contributed by atoms with Crippen LogP contribution in [-0.4, -0.2) is 71.7 Å². The molecule has 1 N–H and O–H groups in total. The summed E-state index contributed by atoms with van der Waals surface area (Å²) in [7, 11) is 0. The van der Waals surface area contributed by atoms with Gasteiger partial charge in [-0.15, -0.1) is 0 Å². The maximum Gasteiger partial charge on any atom is 0.418 e. The summed E-state index contributed by atoms with van der Waals surface area (Å²) in [5, 5.41) is 2.92. The van der Waals surface area contributed by atoms with Gasteiger partial charge in [-0.1, -0.05) is 6.92 Å². The molecule has 7 nitrogen and oxygen atoms in total. The number of morpholine rings is 1. The third kappa shape index (κ3) is 4.06. The van der Waals surface area contributed by atoms with E-state index in [1.807, 2.05) is 11.8 Å². The number of ether oxygens (including phenoxy) is 1. The molecule has 0 bridgehead atoms. The molecule has 10 heteroatoms. The number of piperidine rings is 1. The zero-order valence-electron chi connectivity index (χ0n) is 18.8. The number of amides is 3. The lowest BCUT2D eigenvalue weighted by molar-refractivity contribution is -0.140. The van der Waals surface area contributed by atoms with Gasteiger partial charge in [0, 0.05) is 49.4 Å². The highest BCUT2D eigenvalue weighted by Crippen LogP contribution is 2.56. The van der Waals surface area contributed by atoms with Crippen LogP contribution in [0, 0.1) is 18.3 Å². The number of aryl methyl sites for hydroxylation is 1. The van der Waals surface area contributed by atoms with Crippen molar-refractivity contribution >= 4 is 11.9 Å². The molecule has 3 atom stereocenters. The van der Waals surface area contributed by atoms with Gasteiger partial charge in [-0.05, 0) is 43.7 Å². The molecular formula is C23H29F3N4O3. The number of nitrogens with one attached hydrogen (secondary N) is 1. The highest BCUT2D eigenvalue weighted by Gasteiger charge is 2.55. The second-order valence-electron chi connectivity index (χ2n) is 10.3. The molecule has 1 aliphatic carbocycles. The van der Waals surface area contributed by atoms with Crippen molar-refractivity contribution in [3.8, 4) is 0 Å². The van der Waals surface area contributed by atoms with Crippen LogP contribution in [0.2, 0.25) is 0 Å². The number of likely N-dealkylation sites (tertiary alicyclic amines) is 2. The maximum absolute atomic E-state index is 13.0. The van der Waals surface area contributed by atoms with Gasteiger partial charge in [-0.3, -0.25) is 9.78 Å². The number of urea groups is 1. The second kappa shape index (κ2) is 7.85. The van der Waals surface area contributed by atoms with Crippen molar-refractivity contribution in [2.75, 3.05) is 32.8 Å². The van der Waals surface area contributed by atoms with Crippen molar-refractivity contribution in [1.82, 2.24) is 20.1 Å². The number of hydrogen-bond acceptors (Lipinski definition) is 4. The van der Waals surface area contributed by atoms with E-state index in [-0.39, 0.29) is 47.6 Å². The molecule has 1 spiro atoms. The van der Waals surface area contributed by atoms with Crippen LogP contribution in [-0.2, 0) is 15.7 Å². The fourth-order valence-corrected chi connectivity index (χ4v) is 6.00. The summed E-state index contributed by atoms with van der Waals surface area (Å²) in [6.45, 7) is 6.11. The van der Waals surface area contributed by atoms with E-state index in [2.05, 4.69) is 10.3 Å². The number of carbonyl (C=O) groups is 2. The van der Waals surface area contributed by atoms with E-state index in [0.29, 0.717) is 37.8 Å². The van der Waals surface area contributed by atoms with Gasteiger partial charge in [-0.25, -0.2) is 4.79 Å². The first kappa shape index (κ1) is 22.4. The van der Waals surface area contributed by atoms with E-state index in [4.69, 9.17) is 4.74 Å². The lowest BCUT2D eigenvalue weighted by Gasteiger charge is -2.61. The number of alkyl halides is 3. The molecule has 4 aliphatic rings. The minimum absolute atomic E-state index is 0.00965. The molecule has 4 heterocycles. The molecule has 1 unspecified atom stereocenters. The first-order chi connectivity index (χ1) is 15.5. The molecule has 1 saturated carbocycles. The molecule has 5 rings (SSSR count). The fourth-order valence-electron chi connectivity index (χ4n) is 6.00. The molecule has 4 fully saturated rings. The van der Waals surface area contributed by atoms with Crippen LogP contribution < -0.4 is 5.32 Å². The van der Waals surface area contributed by atoms with Gasteiger partial charge in [0.25, 0.3) is 0 Å². The first-order valence-corrected chi connectivity index (χ1v) is 11.5. The third-order valence-corrected chi connectivity index (χ3v) is 7.92. The van der Waals surface area contributed by atoms with Crippen LogP contribution in [0.3, 0.4) is 0 Å². The molecule has 0 aromatic carbocycles. The van der Waals surface area contributed by atoms with Crippen molar-refractivity contribution in [3.63, 3.8) is 0 Å². The van der Waals surface area contributed by atoms with Crippen LogP contribution in [0.1, 0.15) is 48.9 Å². The Balaban J connectivity index is 1.12. The SMILES string of the molecule is Cc1cc(C(C)C2CC3(C2)CN(C(=O)N2CC[C@@H]4OCC(=O)N[C@@H]4C2)C3)ncc1C(F)(F)F. The average Bonchev–Trinajstić information content (AvgIpc) is 2.69. The lowest BCUT2D eigenvalue weighted by Crippen LogP contribution is -2.68. The Labute approximate surface area is 190 Å². The largest absolute Gasteiger partial charge is 0.418 e. The Kier molecular flexibility index (Phi) is 5.34. The number of nitrogens with zero attached hydrogens (tertiary/aromatic N) is 3. The lowest BCUT2D eigenvalue weighted by atomic mass is 9.54. The van der Waals surface area contributed by atoms with E-state index in [0.717, 1.165) is 25.5 Å². The number of hydrogen-bond donors (Lipinski definition) is 1. The number of aromatic nitrogens is 1. The molecule has 3 aliphatic heterocycles. The monoisotopic (exact) mass is 466 g/mol. The summed E-state index contributed by atoms with van der Waals surface area (Å²) in [4.78, 5) is 32.3. The highest BCUT2D eigenvalue weighted by atomic mass is 19.4. The molecule has 0 radical (unpaired) electrons. The van der Waals surface area contributed by atoms with Gasteiger partial charge in [0.1, 0.15) is 6.61 Å². The Hall–Kier alpha value is -2.36. The average molecular weight is 467 g/mol. The predicted octanol–water partition coefficient (Wildman–Crippen LogP) is 2.93. The summed E-state index contributed by atoms with van der Waals surface area (Å²) in [5.74, 6) is 0.298. The summed E-state index contributed by atoms with van der Waals surface area (Å²) in [5.41, 5.74) is 0.347. The predicted molar refractivity (Wildman–Crippen MR) is 112 cm³/mol. The molecule has 33 heavy (non-hydrogen) atoms. The first-order valence-electron chi connectivity index (χ1n) is 11.5. The van der Waals surface area contributed by atoms with Crippen LogP contribution >= 0.6 is 0 Å². The topological polar surface area (TPSA) is 74.8 Å². The van der Waals surface area contributed by atoms with Crippen molar-refractivity contribution in [1.29, 1.82) is 0 Å². The van der Waals surface area contributed by atoms with Crippen LogP contribution in [0.25, 0.3) is 0 Å². The van der Waals surface area contributed by atoms with Gasteiger partial charge in [0.05, 0.1) is 17.7 Å². The maximum atomic E-state index is 13.0. The third-order valence-electron chi connectivity index (χ3n) is 7.92. The van der Waals surface area contributed by atoms with E-state index >= 15 is 0 Å². The van der Waals surface area contributed by atoms with E-state index < -0.39 is 11.7 Å². The number of rotatable bonds is 2. The van der Waals surface area contributed by atoms with Crippen molar-refractivity contribution < 1.29 is 27.5 Å². The van der Waals surface area contributed by atoms with Crippen molar-refractivity contribution in [2.24, 2.45) is 11.3 Å². The number of fused-ring (bicyclic) bond motifs is 1. The Morgan fingerprint density at radius 3 is 2.70 bits per heavy atom. The molecule has 1 aromatic rings. The summed E-state index contributed by atoms with van der Waals surface area (Å²) < 4.78 is 44.6. The van der Waals surface area contributed by atoms with Crippen molar-refractivity contribution in [2.45, 2.75) is 57.3 Å². The second-order valence-corrected chi connectivity index (χ2v) is 10.3. The Morgan fingerprint density at radius 1 is 1.30 bits per heavy atom. The summed E-state index contributed by atoms with van der Waals surface area (Å²) in [6.07, 6.45) is -0.836. The van der Waals surface area contributed by atoms with Crippen LogP contribution in [0.4, 0.5) is 18.0 Å². The molecule has 3 amide bonds. The van der Waals surface area contributed by atoms with Crippen LogP contribution in [0.15, 0.2) is 12.3 Å². The molecular weight excluding hydrogens is 437 g/mol. The Morgan fingerprint density at radius 2 is 2.03 bits per heavy atom. The highest BCUT2D eigenvalue weighted by molar-refractivity contribution is 5.79. The van der Waals surface area contributed by atoms with E-state index in [1.165, 1.54) is 6.92 Å².